The molecular formula is C25H40ClNO5. The molecule has 7 heteroatoms. The normalized spacial score (nSPS) is 11.6. The van der Waals surface area contributed by atoms with Crippen LogP contribution in [0.3, 0.4) is 0 Å². The second-order valence-electron chi connectivity index (χ2n) is 9.66. The minimum Gasteiger partial charge on any atom is -0.422 e. The highest BCUT2D eigenvalue weighted by molar-refractivity contribution is 5.93. The van der Waals surface area contributed by atoms with Crippen LogP contribution in [0, 0.1) is 10.8 Å². The van der Waals surface area contributed by atoms with Gasteiger partial charge in [0.15, 0.2) is 11.5 Å². The van der Waals surface area contributed by atoms with Crippen molar-refractivity contribution < 1.29 is 23.9 Å². The van der Waals surface area contributed by atoms with E-state index in [2.05, 4.69) is 0 Å². The second kappa shape index (κ2) is 12.2. The highest BCUT2D eigenvalue weighted by Gasteiger charge is 2.32. The number of hydrogen-bond acceptors (Lipinski definition) is 5. The Labute approximate surface area is 199 Å². The molecule has 0 aliphatic heterocycles. The Balaban J connectivity index is 0.00000961. The summed E-state index contributed by atoms with van der Waals surface area (Å²) in [5.41, 5.74) is -0.781. The molecule has 0 spiro atoms. The summed E-state index contributed by atoms with van der Waals surface area (Å²) >= 11 is 0. The molecule has 0 saturated carbocycles. The number of rotatable bonds is 10. The van der Waals surface area contributed by atoms with Crippen molar-refractivity contribution in [1.29, 1.82) is 0 Å². The van der Waals surface area contributed by atoms with Gasteiger partial charge in [-0.2, -0.15) is 0 Å². The molecule has 0 fully saturated rings. The van der Waals surface area contributed by atoms with Crippen molar-refractivity contribution in [3.05, 3.63) is 18.2 Å². The van der Waals surface area contributed by atoms with Crippen molar-refractivity contribution in [3.63, 3.8) is 0 Å². The molecule has 1 aromatic carbocycles. The predicted octanol–water partition coefficient (Wildman–Crippen LogP) is 6.33. The molecule has 182 valence electrons. The molecule has 0 heterocycles. The van der Waals surface area contributed by atoms with Crippen LogP contribution < -0.4 is 14.4 Å². The Morgan fingerprint density at radius 1 is 0.875 bits per heavy atom. The highest BCUT2D eigenvalue weighted by Crippen LogP contribution is 2.37. The van der Waals surface area contributed by atoms with Crippen molar-refractivity contribution in [2.45, 2.75) is 94.0 Å². The van der Waals surface area contributed by atoms with E-state index in [1.807, 2.05) is 55.4 Å². The summed E-state index contributed by atoms with van der Waals surface area (Å²) in [6.07, 6.45) is 3.01. The van der Waals surface area contributed by atoms with Crippen LogP contribution in [0.5, 0.6) is 11.5 Å². The fourth-order valence-corrected chi connectivity index (χ4v) is 3.58. The van der Waals surface area contributed by atoms with Crippen molar-refractivity contribution in [3.8, 4) is 11.5 Å². The Kier molecular flexibility index (Phi) is 11.4. The second-order valence-corrected chi connectivity index (χ2v) is 9.66. The third-order valence-electron chi connectivity index (χ3n) is 5.32. The van der Waals surface area contributed by atoms with E-state index < -0.39 is 16.8 Å². The lowest BCUT2D eigenvalue weighted by Crippen LogP contribution is -2.35. The Hall–Kier alpha value is -2.08. The zero-order valence-corrected chi connectivity index (χ0v) is 21.9. The fourth-order valence-electron chi connectivity index (χ4n) is 3.58. The van der Waals surface area contributed by atoms with Gasteiger partial charge < -0.3 is 14.4 Å². The van der Waals surface area contributed by atoms with Crippen LogP contribution in [-0.4, -0.2) is 23.9 Å². The lowest BCUT2D eigenvalue weighted by molar-refractivity contribution is -0.147. The summed E-state index contributed by atoms with van der Waals surface area (Å²) in [6, 6.07) is 4.79. The summed E-state index contributed by atoms with van der Waals surface area (Å²) < 4.78 is 11.4. The van der Waals surface area contributed by atoms with E-state index in [-0.39, 0.29) is 41.8 Å². The predicted molar refractivity (Wildman–Crippen MR) is 131 cm³/mol. The fraction of sp³-hybridized carbons (Fsp3) is 0.640. The van der Waals surface area contributed by atoms with E-state index in [9.17, 15) is 14.4 Å². The molecule has 0 aliphatic carbocycles. The third kappa shape index (κ3) is 7.80. The van der Waals surface area contributed by atoms with Crippen LogP contribution in [0.25, 0.3) is 0 Å². The maximum absolute atomic E-state index is 12.9. The van der Waals surface area contributed by atoms with Gasteiger partial charge in [-0.25, -0.2) is 0 Å². The van der Waals surface area contributed by atoms with Crippen LogP contribution in [0.2, 0.25) is 0 Å². The van der Waals surface area contributed by atoms with E-state index in [0.29, 0.717) is 18.5 Å². The van der Waals surface area contributed by atoms with Crippen LogP contribution in [0.1, 0.15) is 88.0 Å². The first kappa shape index (κ1) is 29.9. The summed E-state index contributed by atoms with van der Waals surface area (Å²) in [5.74, 6) is -0.618. The van der Waals surface area contributed by atoms with Gasteiger partial charge in [0.1, 0.15) is 0 Å². The van der Waals surface area contributed by atoms with Crippen molar-refractivity contribution in [2.24, 2.45) is 10.8 Å². The summed E-state index contributed by atoms with van der Waals surface area (Å²) in [6.45, 7) is 16.6. The van der Waals surface area contributed by atoms with E-state index in [1.165, 1.54) is 6.92 Å². The number of anilines is 1. The molecule has 1 amide bonds. The van der Waals surface area contributed by atoms with E-state index >= 15 is 0 Å². The van der Waals surface area contributed by atoms with E-state index in [1.54, 1.807) is 23.1 Å². The number of carbonyl (C=O) groups excluding carboxylic acids is 3. The molecular weight excluding hydrogens is 430 g/mol. The average molecular weight is 470 g/mol. The first-order chi connectivity index (χ1) is 14.3. The lowest BCUT2D eigenvalue weighted by atomic mass is 9.88. The van der Waals surface area contributed by atoms with Crippen molar-refractivity contribution in [1.82, 2.24) is 0 Å². The maximum Gasteiger partial charge on any atom is 0.317 e. The quantitative estimate of drug-likeness (QED) is 0.295. The van der Waals surface area contributed by atoms with Gasteiger partial charge in [-0.1, -0.05) is 26.7 Å². The third-order valence-corrected chi connectivity index (χ3v) is 5.32. The number of hydrogen-bond donors (Lipinski definition) is 0. The molecule has 6 nitrogen and oxygen atoms in total. The molecule has 0 radical (unpaired) electrons. The average Bonchev–Trinajstić information content (AvgIpc) is 2.62. The number of esters is 2. The molecule has 0 aliphatic rings. The zero-order chi connectivity index (χ0) is 24.0. The van der Waals surface area contributed by atoms with Gasteiger partial charge >= 0.3 is 11.9 Å². The molecule has 0 unspecified atom stereocenters. The van der Waals surface area contributed by atoms with Crippen LogP contribution >= 0.6 is 12.4 Å². The molecule has 32 heavy (non-hydrogen) atoms. The molecule has 0 saturated heterocycles. The Morgan fingerprint density at radius 2 is 1.31 bits per heavy atom. The minimum absolute atomic E-state index is 0. The smallest absolute Gasteiger partial charge is 0.317 e. The van der Waals surface area contributed by atoms with Crippen molar-refractivity contribution in [2.75, 3.05) is 4.90 Å². The first-order valence-corrected chi connectivity index (χ1v) is 11.1. The van der Waals surface area contributed by atoms with Gasteiger partial charge in [0.05, 0.1) is 10.8 Å². The molecule has 1 rings (SSSR count). The van der Waals surface area contributed by atoms with Gasteiger partial charge in [-0.05, 0) is 66.5 Å². The van der Waals surface area contributed by atoms with Gasteiger partial charge in [-0.3, -0.25) is 14.4 Å². The number of nitrogens with zero attached hydrogens (tertiary/aromatic N) is 1. The number of amides is 1. The van der Waals surface area contributed by atoms with Gasteiger partial charge in [-0.15, -0.1) is 12.4 Å². The number of ether oxygens (including phenoxy) is 2. The largest absolute Gasteiger partial charge is 0.422 e. The Morgan fingerprint density at radius 3 is 1.69 bits per heavy atom. The van der Waals surface area contributed by atoms with Crippen LogP contribution in [0.15, 0.2) is 18.2 Å². The summed E-state index contributed by atoms with van der Waals surface area (Å²) in [7, 11) is 0. The number of halogens is 1. The zero-order valence-electron chi connectivity index (χ0n) is 21.0. The monoisotopic (exact) mass is 469 g/mol. The first-order valence-electron chi connectivity index (χ1n) is 11.1. The van der Waals surface area contributed by atoms with Gasteiger partial charge in [0, 0.05) is 24.7 Å². The number of benzene rings is 1. The Bertz CT molecular complexity index is 802. The standard InChI is InChI=1S/C25H39NO5.ClH/c1-10-14-24(6,7)22(28)30-20-13-12-19(26(17(3)4)18(5)27)16-21(20)31-23(29)25(8,9)15-11-2;/h12-13,16-17H,10-11,14-15H2,1-9H3;1H. The number of carbonyl (C=O) groups is 3. The molecule has 0 atom stereocenters. The lowest BCUT2D eigenvalue weighted by Gasteiger charge is -2.28. The van der Waals surface area contributed by atoms with Crippen LogP contribution in [-0.2, 0) is 14.4 Å². The topological polar surface area (TPSA) is 72.9 Å². The molecule has 0 N–H and O–H groups in total. The van der Waals surface area contributed by atoms with Gasteiger partial charge in [0.25, 0.3) is 0 Å². The van der Waals surface area contributed by atoms with E-state index in [0.717, 1.165) is 12.8 Å². The highest BCUT2D eigenvalue weighted by atomic mass is 35.5. The van der Waals surface area contributed by atoms with E-state index in [4.69, 9.17) is 9.47 Å². The molecule has 0 bridgehead atoms. The SMILES string of the molecule is CCCC(C)(C)C(=O)Oc1ccc(N(C(C)=O)C(C)C)cc1OC(=O)C(C)(C)CCC.Cl. The molecule has 0 aromatic heterocycles. The summed E-state index contributed by atoms with van der Waals surface area (Å²) in [4.78, 5) is 39.4. The minimum atomic E-state index is -0.689. The van der Waals surface area contributed by atoms with Gasteiger partial charge in [0.2, 0.25) is 5.91 Å². The molecule has 1 aromatic rings. The van der Waals surface area contributed by atoms with Crippen LogP contribution in [0.4, 0.5) is 5.69 Å². The summed E-state index contributed by atoms with van der Waals surface area (Å²) in [5, 5.41) is 0. The maximum atomic E-state index is 12.9. The van der Waals surface area contributed by atoms with Crippen molar-refractivity contribution >= 4 is 35.9 Å².